The van der Waals surface area contributed by atoms with Crippen molar-refractivity contribution in [1.82, 2.24) is 10.3 Å². The van der Waals surface area contributed by atoms with E-state index in [9.17, 15) is 9.18 Å². The highest BCUT2D eigenvalue weighted by atomic mass is 19.1. The van der Waals surface area contributed by atoms with Gasteiger partial charge in [-0.1, -0.05) is 6.07 Å². The number of hydrogen-bond acceptors (Lipinski definition) is 3. The van der Waals surface area contributed by atoms with Gasteiger partial charge in [-0.05, 0) is 43.2 Å². The number of ether oxygens (including phenoxy) is 1. The van der Waals surface area contributed by atoms with Gasteiger partial charge < -0.3 is 10.1 Å². The summed E-state index contributed by atoms with van der Waals surface area (Å²) in [7, 11) is 0. The van der Waals surface area contributed by atoms with Crippen molar-refractivity contribution >= 4 is 5.91 Å². The molecule has 0 fully saturated rings. The molecular formula is C16H17FN2O2. The molecule has 0 unspecified atom stereocenters. The van der Waals surface area contributed by atoms with Crippen molar-refractivity contribution in [3.63, 3.8) is 0 Å². The molecule has 5 heteroatoms. The Balaban J connectivity index is 1.86. The second-order valence-corrected chi connectivity index (χ2v) is 4.44. The molecule has 110 valence electrons. The Labute approximate surface area is 123 Å². The Bertz CT molecular complexity index is 602. The molecule has 0 aliphatic carbocycles. The van der Waals surface area contributed by atoms with Crippen LogP contribution in [0, 0.1) is 5.82 Å². The van der Waals surface area contributed by atoms with E-state index >= 15 is 0 Å². The fourth-order valence-electron chi connectivity index (χ4n) is 1.90. The monoisotopic (exact) mass is 288 g/mol. The van der Waals surface area contributed by atoms with E-state index in [-0.39, 0.29) is 17.5 Å². The van der Waals surface area contributed by atoms with Crippen molar-refractivity contribution in [3.8, 4) is 5.75 Å². The number of rotatable bonds is 6. The van der Waals surface area contributed by atoms with Gasteiger partial charge in [0.1, 0.15) is 0 Å². The van der Waals surface area contributed by atoms with Crippen LogP contribution in [0.1, 0.15) is 22.8 Å². The molecule has 0 atom stereocenters. The van der Waals surface area contributed by atoms with E-state index in [1.807, 2.05) is 6.92 Å². The van der Waals surface area contributed by atoms with E-state index in [0.29, 0.717) is 25.1 Å². The minimum atomic E-state index is -0.380. The maximum atomic E-state index is 13.7. The molecule has 0 saturated heterocycles. The quantitative estimate of drug-likeness (QED) is 0.889. The molecule has 1 aromatic heterocycles. The summed E-state index contributed by atoms with van der Waals surface area (Å²) in [6, 6.07) is 8.13. The summed E-state index contributed by atoms with van der Waals surface area (Å²) in [6.45, 7) is 2.68. The van der Waals surface area contributed by atoms with Crippen molar-refractivity contribution in [3.05, 3.63) is 59.7 Å². The third-order valence-corrected chi connectivity index (χ3v) is 2.94. The number of amides is 1. The lowest BCUT2D eigenvalue weighted by Crippen LogP contribution is -2.25. The number of carbonyl (C=O) groups excluding carboxylic acids is 1. The number of carbonyl (C=O) groups is 1. The van der Waals surface area contributed by atoms with Gasteiger partial charge in [-0.25, -0.2) is 4.39 Å². The Morgan fingerprint density at radius 1 is 1.29 bits per heavy atom. The van der Waals surface area contributed by atoms with Crippen molar-refractivity contribution in [2.75, 3.05) is 13.2 Å². The van der Waals surface area contributed by atoms with Crippen LogP contribution in [0.5, 0.6) is 5.75 Å². The normalized spacial score (nSPS) is 10.2. The van der Waals surface area contributed by atoms with Crippen LogP contribution in [-0.2, 0) is 6.42 Å². The van der Waals surface area contributed by atoms with Crippen molar-refractivity contribution in [2.45, 2.75) is 13.3 Å². The highest BCUT2D eigenvalue weighted by Gasteiger charge is 2.06. The summed E-state index contributed by atoms with van der Waals surface area (Å²) in [5, 5.41) is 2.79. The lowest BCUT2D eigenvalue weighted by molar-refractivity contribution is 0.0954. The van der Waals surface area contributed by atoms with E-state index in [1.54, 1.807) is 36.7 Å². The van der Waals surface area contributed by atoms with Gasteiger partial charge in [0.25, 0.3) is 5.91 Å². The van der Waals surface area contributed by atoms with Crippen LogP contribution in [0.4, 0.5) is 4.39 Å². The number of benzene rings is 1. The fourth-order valence-corrected chi connectivity index (χ4v) is 1.90. The summed E-state index contributed by atoms with van der Waals surface area (Å²) >= 11 is 0. The average Bonchev–Trinajstić information content (AvgIpc) is 2.51. The summed E-state index contributed by atoms with van der Waals surface area (Å²) < 4.78 is 18.8. The van der Waals surface area contributed by atoms with Crippen molar-refractivity contribution in [1.29, 1.82) is 0 Å². The molecule has 2 aromatic rings. The molecule has 0 aliphatic heterocycles. The number of halogens is 1. The minimum absolute atomic E-state index is 0.163. The Kier molecular flexibility index (Phi) is 5.26. The van der Waals surface area contributed by atoms with Crippen LogP contribution in [0.25, 0.3) is 0 Å². The molecule has 1 aromatic carbocycles. The molecule has 2 rings (SSSR count). The molecule has 0 aliphatic rings. The smallest absolute Gasteiger partial charge is 0.251 e. The van der Waals surface area contributed by atoms with Gasteiger partial charge in [-0.15, -0.1) is 0 Å². The maximum absolute atomic E-state index is 13.7. The summed E-state index contributed by atoms with van der Waals surface area (Å²) in [5.74, 6) is -0.291. The predicted octanol–water partition coefficient (Wildman–Crippen LogP) is 2.59. The van der Waals surface area contributed by atoms with Gasteiger partial charge in [0.05, 0.1) is 6.61 Å². The molecule has 4 nitrogen and oxygen atoms in total. The van der Waals surface area contributed by atoms with Crippen LogP contribution in [-0.4, -0.2) is 24.0 Å². The third kappa shape index (κ3) is 4.27. The van der Waals surface area contributed by atoms with Gasteiger partial charge >= 0.3 is 0 Å². The number of nitrogens with zero attached hydrogens (tertiary/aromatic N) is 1. The Morgan fingerprint density at radius 2 is 2.05 bits per heavy atom. The van der Waals surface area contributed by atoms with Crippen molar-refractivity contribution < 1.29 is 13.9 Å². The van der Waals surface area contributed by atoms with E-state index in [1.165, 1.54) is 6.07 Å². The van der Waals surface area contributed by atoms with E-state index in [2.05, 4.69) is 10.3 Å². The first-order valence-corrected chi connectivity index (χ1v) is 6.80. The summed E-state index contributed by atoms with van der Waals surface area (Å²) in [4.78, 5) is 15.7. The molecule has 0 spiro atoms. The number of hydrogen-bond donors (Lipinski definition) is 1. The Morgan fingerprint density at radius 3 is 2.71 bits per heavy atom. The number of pyridine rings is 1. The zero-order valence-corrected chi connectivity index (χ0v) is 11.8. The number of nitrogens with one attached hydrogen (secondary N) is 1. The maximum Gasteiger partial charge on any atom is 0.251 e. The summed E-state index contributed by atoms with van der Waals surface area (Å²) in [6.07, 6.45) is 3.69. The van der Waals surface area contributed by atoms with Crippen LogP contribution >= 0.6 is 0 Å². The first-order chi connectivity index (χ1) is 10.2. The first-order valence-electron chi connectivity index (χ1n) is 6.80. The van der Waals surface area contributed by atoms with E-state index < -0.39 is 0 Å². The average molecular weight is 288 g/mol. The Hall–Kier alpha value is -2.43. The molecule has 1 amide bonds. The van der Waals surface area contributed by atoms with Gasteiger partial charge in [0.15, 0.2) is 11.6 Å². The van der Waals surface area contributed by atoms with Crippen LogP contribution in [0.15, 0.2) is 42.7 Å². The first kappa shape index (κ1) is 15.0. The molecule has 0 radical (unpaired) electrons. The molecular weight excluding hydrogens is 271 g/mol. The summed E-state index contributed by atoms with van der Waals surface area (Å²) in [5.41, 5.74) is 1.37. The SMILES string of the molecule is CCOc1ccc(CCNC(=O)c2ccncc2)cc1F. The van der Waals surface area contributed by atoms with Gasteiger partial charge in [-0.2, -0.15) is 0 Å². The van der Waals surface area contributed by atoms with Crippen molar-refractivity contribution in [2.24, 2.45) is 0 Å². The van der Waals surface area contributed by atoms with E-state index in [4.69, 9.17) is 4.74 Å². The van der Waals surface area contributed by atoms with Crippen LogP contribution in [0.3, 0.4) is 0 Å². The second-order valence-electron chi connectivity index (χ2n) is 4.44. The van der Waals surface area contributed by atoms with Gasteiger partial charge in [-0.3, -0.25) is 9.78 Å². The topological polar surface area (TPSA) is 51.2 Å². The zero-order valence-electron chi connectivity index (χ0n) is 11.8. The lowest BCUT2D eigenvalue weighted by atomic mass is 10.1. The van der Waals surface area contributed by atoms with Gasteiger partial charge in [0, 0.05) is 24.5 Å². The van der Waals surface area contributed by atoms with Gasteiger partial charge in [0.2, 0.25) is 0 Å². The zero-order chi connectivity index (χ0) is 15.1. The number of aromatic nitrogens is 1. The second kappa shape index (κ2) is 7.38. The standard InChI is InChI=1S/C16H17FN2O2/c1-2-21-15-4-3-12(11-14(15)17)5-10-19-16(20)13-6-8-18-9-7-13/h3-4,6-9,11H,2,5,10H2,1H3,(H,19,20). The van der Waals surface area contributed by atoms with Crippen LogP contribution in [0.2, 0.25) is 0 Å². The minimum Gasteiger partial charge on any atom is -0.491 e. The lowest BCUT2D eigenvalue weighted by Gasteiger charge is -2.08. The van der Waals surface area contributed by atoms with E-state index in [0.717, 1.165) is 5.56 Å². The third-order valence-electron chi connectivity index (χ3n) is 2.94. The highest BCUT2D eigenvalue weighted by Crippen LogP contribution is 2.18. The largest absolute Gasteiger partial charge is 0.491 e. The molecule has 0 bridgehead atoms. The fraction of sp³-hybridized carbons (Fsp3) is 0.250. The molecule has 1 heterocycles. The molecule has 0 saturated carbocycles. The van der Waals surface area contributed by atoms with Crippen LogP contribution < -0.4 is 10.1 Å². The predicted molar refractivity (Wildman–Crippen MR) is 77.8 cm³/mol. The highest BCUT2D eigenvalue weighted by molar-refractivity contribution is 5.93. The molecule has 1 N–H and O–H groups in total. The molecule has 21 heavy (non-hydrogen) atoms.